The summed E-state index contributed by atoms with van der Waals surface area (Å²) in [7, 11) is 0. The third-order valence-electron chi connectivity index (χ3n) is 7.92. The molecule has 178 valence electrons. The van der Waals surface area contributed by atoms with Gasteiger partial charge in [0, 0.05) is 29.8 Å². The molecule has 2 aliphatic heterocycles. The Kier molecular flexibility index (Phi) is 4.62. The summed E-state index contributed by atoms with van der Waals surface area (Å²) in [5.74, 6) is 0. The summed E-state index contributed by atoms with van der Waals surface area (Å²) in [6, 6.07) is 46.1. The maximum atomic E-state index is 2.53. The van der Waals surface area contributed by atoms with Crippen molar-refractivity contribution >= 4 is 34.0 Å². The van der Waals surface area contributed by atoms with E-state index in [1.165, 1.54) is 61.9 Å². The maximum absolute atomic E-state index is 2.53. The lowest BCUT2D eigenvalue weighted by Gasteiger charge is -2.32. The van der Waals surface area contributed by atoms with Gasteiger partial charge in [-0.3, -0.25) is 0 Å². The van der Waals surface area contributed by atoms with Crippen LogP contribution in [0.15, 0.2) is 146 Å². The predicted octanol–water partition coefficient (Wildman–Crippen LogP) is 8.78. The maximum Gasteiger partial charge on any atom is 0.235 e. The Morgan fingerprint density at radius 1 is 0.553 bits per heavy atom. The predicted molar refractivity (Wildman–Crippen MR) is 160 cm³/mol. The lowest BCUT2D eigenvalue weighted by atomic mass is 9.91. The summed E-state index contributed by atoms with van der Waals surface area (Å²) in [5.41, 5.74) is 13.8. The molecule has 1 aliphatic carbocycles. The normalized spacial score (nSPS) is 16.6. The molecule has 0 aromatic heterocycles. The number of hydrogen-bond donors (Lipinski definition) is 0. The van der Waals surface area contributed by atoms with E-state index in [1.54, 1.807) is 0 Å². The zero-order valence-electron chi connectivity index (χ0n) is 20.8. The first kappa shape index (κ1) is 21.2. The molecular weight excluding hydrogens is 460 g/mol. The number of nitrogens with zero attached hydrogens (tertiary/aromatic N) is 2. The van der Waals surface area contributed by atoms with E-state index < -0.39 is 0 Å². The van der Waals surface area contributed by atoms with E-state index in [2.05, 4.69) is 155 Å². The van der Waals surface area contributed by atoms with Crippen LogP contribution in [-0.2, 0) is 0 Å². The summed E-state index contributed by atoms with van der Waals surface area (Å²) in [6.45, 7) is 0. The highest BCUT2D eigenvalue weighted by Gasteiger charge is 2.48. The number of para-hydroxylation sites is 2. The first-order chi connectivity index (χ1) is 18.9. The molecule has 0 bridgehead atoms. The van der Waals surface area contributed by atoms with Crippen LogP contribution in [0.1, 0.15) is 5.56 Å². The average Bonchev–Trinajstić information content (AvgIpc) is 3.34. The Labute approximate surface area is 222 Å². The number of benzene rings is 5. The lowest BCUT2D eigenvalue weighted by molar-refractivity contribution is 0.931. The van der Waals surface area contributed by atoms with Crippen LogP contribution in [0.2, 0.25) is 0 Å². The minimum Gasteiger partial charge on any atom is -0.318 e. The Morgan fingerprint density at radius 3 is 1.95 bits per heavy atom. The molecule has 8 rings (SSSR count). The molecule has 0 N–H and O–H groups in total. The number of rotatable bonds is 3. The van der Waals surface area contributed by atoms with Crippen molar-refractivity contribution in [3.63, 3.8) is 0 Å². The minimum atomic E-state index is 0.143. The van der Waals surface area contributed by atoms with Crippen LogP contribution in [0.3, 0.4) is 0 Å². The number of fused-ring (bicyclic) bond motifs is 5. The van der Waals surface area contributed by atoms with E-state index in [4.69, 9.17) is 0 Å². The van der Waals surface area contributed by atoms with Gasteiger partial charge in [0.15, 0.2) is 0 Å². The zero-order chi connectivity index (χ0) is 25.1. The Balaban J connectivity index is 1.30. The number of hydrogen-bond acceptors (Lipinski definition) is 1. The summed E-state index contributed by atoms with van der Waals surface area (Å²) in [6.07, 6.45) is 6.79. The number of anilines is 2. The van der Waals surface area contributed by atoms with Crippen LogP contribution in [0.5, 0.6) is 0 Å². The second kappa shape index (κ2) is 8.29. The van der Waals surface area contributed by atoms with Gasteiger partial charge in [-0.05, 0) is 58.2 Å². The van der Waals surface area contributed by atoms with Crippen LogP contribution in [0.25, 0.3) is 27.8 Å². The van der Waals surface area contributed by atoms with E-state index in [0.29, 0.717) is 0 Å². The lowest BCUT2D eigenvalue weighted by Crippen LogP contribution is -2.43. The second-order valence-electron chi connectivity index (χ2n) is 10.0. The molecule has 2 heteroatoms. The zero-order valence-corrected chi connectivity index (χ0v) is 20.8. The molecule has 0 radical (unpaired) electrons. The van der Waals surface area contributed by atoms with Crippen molar-refractivity contribution in [1.29, 1.82) is 0 Å². The SMILES string of the molecule is C1=CC2=[N+](c3ccc(-c4ccccc4)cc3)c3ccccc3N3c4ccc(-c5ccccc5)cc4C(=C1)C23. The van der Waals surface area contributed by atoms with Gasteiger partial charge in [0.2, 0.25) is 17.1 Å². The fraction of sp³-hybridized carbons (Fsp3) is 0.0278. The summed E-state index contributed by atoms with van der Waals surface area (Å²) < 4.78 is 2.44. The van der Waals surface area contributed by atoms with E-state index in [0.717, 1.165) is 0 Å². The van der Waals surface area contributed by atoms with Gasteiger partial charge in [-0.1, -0.05) is 91.0 Å². The van der Waals surface area contributed by atoms with Crippen molar-refractivity contribution in [2.45, 2.75) is 6.04 Å². The molecule has 3 aliphatic rings. The molecule has 0 amide bonds. The fourth-order valence-electron chi connectivity index (χ4n) is 6.21. The molecule has 38 heavy (non-hydrogen) atoms. The molecule has 0 saturated heterocycles. The first-order valence-corrected chi connectivity index (χ1v) is 13.2. The largest absolute Gasteiger partial charge is 0.318 e. The molecular formula is C36H25N2+. The van der Waals surface area contributed by atoms with Gasteiger partial charge < -0.3 is 4.90 Å². The van der Waals surface area contributed by atoms with Crippen molar-refractivity contribution in [1.82, 2.24) is 4.58 Å². The Morgan fingerprint density at radius 2 is 1.18 bits per heavy atom. The average molecular weight is 486 g/mol. The molecule has 5 aromatic carbocycles. The van der Waals surface area contributed by atoms with Crippen molar-refractivity contribution < 1.29 is 0 Å². The minimum absolute atomic E-state index is 0.143. The van der Waals surface area contributed by atoms with Crippen molar-refractivity contribution in [2.75, 3.05) is 4.90 Å². The quantitative estimate of drug-likeness (QED) is 0.232. The van der Waals surface area contributed by atoms with Gasteiger partial charge in [0.05, 0.1) is 5.69 Å². The van der Waals surface area contributed by atoms with Crippen molar-refractivity contribution in [2.24, 2.45) is 0 Å². The standard InChI is InChI=1S/C36H25N2/c1-3-10-25(11-4-1)27-18-21-29(22-19-27)37-33-15-7-8-16-34(33)38-32-23-20-28(26-12-5-2-6-13-26)24-31(32)30-14-9-17-35(37)36(30)38/h1-24,36H/q+1. The second-order valence-corrected chi connectivity index (χ2v) is 10.0. The van der Waals surface area contributed by atoms with Crippen LogP contribution in [0, 0.1) is 0 Å². The monoisotopic (exact) mass is 485 g/mol. The van der Waals surface area contributed by atoms with Crippen LogP contribution < -0.4 is 9.48 Å². The molecule has 2 heterocycles. The van der Waals surface area contributed by atoms with E-state index in [-0.39, 0.29) is 6.04 Å². The third kappa shape index (κ3) is 3.10. The summed E-state index contributed by atoms with van der Waals surface area (Å²) >= 11 is 0. The van der Waals surface area contributed by atoms with Crippen LogP contribution >= 0.6 is 0 Å². The first-order valence-electron chi connectivity index (χ1n) is 13.2. The smallest absolute Gasteiger partial charge is 0.235 e. The molecule has 2 nitrogen and oxygen atoms in total. The van der Waals surface area contributed by atoms with Gasteiger partial charge in [-0.2, -0.15) is 4.58 Å². The fourth-order valence-corrected chi connectivity index (χ4v) is 6.21. The van der Waals surface area contributed by atoms with Crippen molar-refractivity contribution in [3.05, 3.63) is 151 Å². The van der Waals surface area contributed by atoms with Gasteiger partial charge in [0.25, 0.3) is 0 Å². The molecule has 0 spiro atoms. The number of allylic oxidation sites excluding steroid dienone is 2. The summed E-state index contributed by atoms with van der Waals surface area (Å²) in [4.78, 5) is 2.53. The highest BCUT2D eigenvalue weighted by molar-refractivity contribution is 6.21. The molecule has 0 saturated carbocycles. The molecule has 1 unspecified atom stereocenters. The van der Waals surface area contributed by atoms with Gasteiger partial charge >= 0.3 is 0 Å². The van der Waals surface area contributed by atoms with E-state index in [1.807, 2.05) is 0 Å². The van der Waals surface area contributed by atoms with Crippen LogP contribution in [-0.4, -0.2) is 11.8 Å². The van der Waals surface area contributed by atoms with E-state index >= 15 is 0 Å². The Hall–Kier alpha value is -4.95. The highest BCUT2D eigenvalue weighted by Crippen LogP contribution is 2.52. The summed E-state index contributed by atoms with van der Waals surface area (Å²) in [5, 5.41) is 0. The van der Waals surface area contributed by atoms with Gasteiger partial charge in [-0.25, -0.2) is 0 Å². The molecule has 1 atom stereocenters. The van der Waals surface area contributed by atoms with Gasteiger partial charge in [-0.15, -0.1) is 0 Å². The molecule has 0 fully saturated rings. The topological polar surface area (TPSA) is 6.25 Å². The molecule has 5 aromatic rings. The highest BCUT2D eigenvalue weighted by atomic mass is 15.3. The van der Waals surface area contributed by atoms with Gasteiger partial charge in [0.1, 0.15) is 11.7 Å². The van der Waals surface area contributed by atoms with E-state index in [9.17, 15) is 0 Å². The third-order valence-corrected chi connectivity index (χ3v) is 7.92. The van der Waals surface area contributed by atoms with Crippen molar-refractivity contribution in [3.8, 4) is 22.3 Å². The Bertz CT molecular complexity index is 1790. The van der Waals surface area contributed by atoms with Crippen LogP contribution in [0.4, 0.5) is 22.7 Å².